The zero-order valence-corrected chi connectivity index (χ0v) is 21.6. The summed E-state index contributed by atoms with van der Waals surface area (Å²) in [6.07, 6.45) is 10.3. The summed E-state index contributed by atoms with van der Waals surface area (Å²) in [5, 5.41) is 0. The first-order valence-electron chi connectivity index (χ1n) is 12.0. The molecule has 0 unspecified atom stereocenters. The third kappa shape index (κ3) is 14.2. The molecule has 0 spiro atoms. The van der Waals surface area contributed by atoms with Gasteiger partial charge in [0, 0.05) is 12.8 Å². The average Bonchev–Trinajstić information content (AvgIpc) is 2.80. The van der Waals surface area contributed by atoms with Crippen molar-refractivity contribution in [2.24, 2.45) is 0 Å². The molecular formula is C25H40O8S. The maximum absolute atomic E-state index is 11.7. The van der Waals surface area contributed by atoms with Gasteiger partial charge in [0.25, 0.3) is 10.1 Å². The molecule has 0 aromatic heterocycles. The van der Waals surface area contributed by atoms with E-state index in [9.17, 15) is 18.0 Å². The van der Waals surface area contributed by atoms with Gasteiger partial charge >= 0.3 is 11.9 Å². The van der Waals surface area contributed by atoms with E-state index >= 15 is 0 Å². The molecule has 1 aromatic carbocycles. The molecule has 194 valence electrons. The first-order chi connectivity index (χ1) is 16.3. The lowest BCUT2D eigenvalue weighted by Crippen LogP contribution is -2.07. The van der Waals surface area contributed by atoms with Crippen LogP contribution in [-0.2, 0) is 46.2 Å². The quantitative estimate of drug-likeness (QED) is 0.157. The van der Waals surface area contributed by atoms with Crippen molar-refractivity contribution in [1.29, 1.82) is 0 Å². The Balaban J connectivity index is 2.54. The molecule has 0 radical (unpaired) electrons. The van der Waals surface area contributed by atoms with Gasteiger partial charge in [-0.3, -0.25) is 13.8 Å². The first kappa shape index (κ1) is 29.9. The van der Waals surface area contributed by atoms with Gasteiger partial charge in [-0.05, 0) is 55.7 Å². The van der Waals surface area contributed by atoms with Gasteiger partial charge in [-0.25, -0.2) is 0 Å². The second kappa shape index (κ2) is 17.3. The molecule has 0 aliphatic heterocycles. The maximum Gasteiger partial charge on any atom is 0.305 e. The summed E-state index contributed by atoms with van der Waals surface area (Å²) in [4.78, 5) is 22.9. The normalized spacial score (nSPS) is 11.3. The van der Waals surface area contributed by atoms with Crippen LogP contribution in [0.2, 0.25) is 0 Å². The van der Waals surface area contributed by atoms with Crippen LogP contribution in [0.15, 0.2) is 18.2 Å². The fraction of sp³-hybridized carbons (Fsp3) is 0.680. The Kier molecular flexibility index (Phi) is 15.2. The van der Waals surface area contributed by atoms with E-state index in [0.29, 0.717) is 32.3 Å². The fourth-order valence-electron chi connectivity index (χ4n) is 3.58. The second-order valence-corrected chi connectivity index (χ2v) is 9.89. The Morgan fingerprint density at radius 1 is 0.765 bits per heavy atom. The highest BCUT2D eigenvalue weighted by Crippen LogP contribution is 2.26. The zero-order valence-electron chi connectivity index (χ0n) is 20.8. The van der Waals surface area contributed by atoms with E-state index in [4.69, 9.17) is 13.7 Å². The van der Waals surface area contributed by atoms with E-state index < -0.39 is 10.1 Å². The summed E-state index contributed by atoms with van der Waals surface area (Å²) in [7, 11) is -0.585. The summed E-state index contributed by atoms with van der Waals surface area (Å²) in [5.74, 6) is 0.375. The standard InChI is InChI=1S/C25H40O8S/c1-30-24(26)16-9-5-6-10-19-32-23-15-12-14-21(22(23)17-18-25(27)31-2)13-8-4-7-11-20-33-34(3,28)29/h12,14-15H,4-11,13,16-20H2,1-3H3. The Labute approximate surface area is 204 Å². The number of rotatable bonds is 19. The van der Waals surface area contributed by atoms with Crippen molar-refractivity contribution in [3.63, 3.8) is 0 Å². The molecule has 1 aromatic rings. The van der Waals surface area contributed by atoms with Crippen molar-refractivity contribution in [1.82, 2.24) is 0 Å². The minimum Gasteiger partial charge on any atom is -0.493 e. The largest absolute Gasteiger partial charge is 0.493 e. The Morgan fingerprint density at radius 2 is 1.38 bits per heavy atom. The average molecular weight is 501 g/mol. The van der Waals surface area contributed by atoms with Crippen molar-refractivity contribution < 1.29 is 36.4 Å². The monoisotopic (exact) mass is 500 g/mol. The molecular weight excluding hydrogens is 460 g/mol. The van der Waals surface area contributed by atoms with Crippen molar-refractivity contribution >= 4 is 22.1 Å². The molecule has 0 amide bonds. The molecule has 9 heteroatoms. The number of hydrogen-bond acceptors (Lipinski definition) is 8. The summed E-state index contributed by atoms with van der Waals surface area (Å²) in [5.41, 5.74) is 2.20. The van der Waals surface area contributed by atoms with E-state index in [0.717, 1.165) is 74.5 Å². The lowest BCUT2D eigenvalue weighted by Gasteiger charge is -2.16. The number of ether oxygens (including phenoxy) is 3. The number of methoxy groups -OCH3 is 2. The highest BCUT2D eigenvalue weighted by atomic mass is 32.2. The minimum absolute atomic E-state index is 0.175. The van der Waals surface area contributed by atoms with E-state index in [-0.39, 0.29) is 18.5 Å². The smallest absolute Gasteiger partial charge is 0.305 e. The molecule has 1 rings (SSSR count). The number of hydrogen-bond donors (Lipinski definition) is 0. The van der Waals surface area contributed by atoms with Crippen molar-refractivity contribution in [2.75, 3.05) is 33.7 Å². The first-order valence-corrected chi connectivity index (χ1v) is 13.8. The molecule has 8 nitrogen and oxygen atoms in total. The van der Waals surface area contributed by atoms with Crippen LogP contribution in [0.1, 0.15) is 75.3 Å². The third-order valence-electron chi connectivity index (χ3n) is 5.44. The van der Waals surface area contributed by atoms with Crippen molar-refractivity contribution in [3.05, 3.63) is 29.3 Å². The predicted molar refractivity (Wildman–Crippen MR) is 130 cm³/mol. The van der Waals surface area contributed by atoms with Crippen molar-refractivity contribution in [3.8, 4) is 5.75 Å². The van der Waals surface area contributed by atoms with Crippen LogP contribution in [0.3, 0.4) is 0 Å². The molecule has 0 bridgehead atoms. The van der Waals surface area contributed by atoms with E-state index in [2.05, 4.69) is 10.8 Å². The number of unbranched alkanes of at least 4 members (excludes halogenated alkanes) is 6. The Morgan fingerprint density at radius 3 is 2.06 bits per heavy atom. The molecule has 0 atom stereocenters. The van der Waals surface area contributed by atoms with E-state index in [1.165, 1.54) is 14.2 Å². The summed E-state index contributed by atoms with van der Waals surface area (Å²) >= 11 is 0. The van der Waals surface area contributed by atoms with Crippen LogP contribution in [0.5, 0.6) is 5.75 Å². The topological polar surface area (TPSA) is 105 Å². The SMILES string of the molecule is COC(=O)CCCCCCOc1cccc(CCCCCCOS(C)(=O)=O)c1CCC(=O)OC. The van der Waals surface area contributed by atoms with Gasteiger partial charge in [-0.1, -0.05) is 37.8 Å². The van der Waals surface area contributed by atoms with Crippen LogP contribution in [-0.4, -0.2) is 54.0 Å². The Bertz CT molecular complexity index is 835. The van der Waals surface area contributed by atoms with Crippen molar-refractivity contribution in [2.45, 2.75) is 77.0 Å². The number of esters is 2. The molecule has 0 heterocycles. The number of carbonyl (C=O) groups excluding carboxylic acids is 2. The second-order valence-electron chi connectivity index (χ2n) is 8.25. The van der Waals surface area contributed by atoms with E-state index in [1.807, 2.05) is 12.1 Å². The molecule has 0 saturated carbocycles. The molecule has 0 N–H and O–H groups in total. The number of carbonyl (C=O) groups is 2. The van der Waals surface area contributed by atoms with Gasteiger partial charge in [0.1, 0.15) is 5.75 Å². The van der Waals surface area contributed by atoms with Gasteiger partial charge in [0.05, 0.1) is 33.7 Å². The van der Waals surface area contributed by atoms with Gasteiger partial charge < -0.3 is 14.2 Å². The van der Waals surface area contributed by atoms with Gasteiger partial charge in [0.2, 0.25) is 0 Å². The molecule has 0 saturated heterocycles. The van der Waals surface area contributed by atoms with Gasteiger partial charge in [-0.2, -0.15) is 8.42 Å². The lowest BCUT2D eigenvalue weighted by molar-refractivity contribution is -0.141. The number of aryl methyl sites for hydroxylation is 1. The minimum atomic E-state index is -3.38. The Hall–Kier alpha value is -2.13. The lowest BCUT2D eigenvalue weighted by atomic mass is 9.97. The molecule has 0 aliphatic carbocycles. The van der Waals surface area contributed by atoms with Crippen LogP contribution in [0.4, 0.5) is 0 Å². The maximum atomic E-state index is 11.7. The van der Waals surface area contributed by atoms with Gasteiger partial charge in [-0.15, -0.1) is 0 Å². The molecule has 34 heavy (non-hydrogen) atoms. The molecule has 0 aliphatic rings. The highest BCUT2D eigenvalue weighted by molar-refractivity contribution is 7.85. The van der Waals surface area contributed by atoms with Crippen LogP contribution in [0, 0.1) is 0 Å². The molecule has 0 fully saturated rings. The predicted octanol–water partition coefficient (Wildman–Crippen LogP) is 4.37. The fourth-order valence-corrected chi connectivity index (χ4v) is 4.00. The third-order valence-corrected chi connectivity index (χ3v) is 6.03. The summed E-state index contributed by atoms with van der Waals surface area (Å²) < 4.78 is 42.3. The summed E-state index contributed by atoms with van der Waals surface area (Å²) in [6.45, 7) is 0.794. The van der Waals surface area contributed by atoms with Crippen LogP contribution < -0.4 is 4.74 Å². The number of benzene rings is 1. The summed E-state index contributed by atoms with van der Waals surface area (Å²) in [6, 6.07) is 5.98. The van der Waals surface area contributed by atoms with Gasteiger partial charge in [0.15, 0.2) is 0 Å². The highest BCUT2D eigenvalue weighted by Gasteiger charge is 2.12. The van der Waals surface area contributed by atoms with E-state index in [1.54, 1.807) is 0 Å². The van der Waals surface area contributed by atoms with Crippen LogP contribution >= 0.6 is 0 Å². The zero-order chi connectivity index (χ0) is 25.2. The van der Waals surface area contributed by atoms with Crippen LogP contribution in [0.25, 0.3) is 0 Å².